The summed E-state index contributed by atoms with van der Waals surface area (Å²) in [6, 6.07) is 9.09. The van der Waals surface area contributed by atoms with E-state index in [1.165, 1.54) is 63.1 Å². The van der Waals surface area contributed by atoms with Gasteiger partial charge in [-0.15, -0.1) is 0 Å². The molecule has 6 rings (SSSR count). The van der Waals surface area contributed by atoms with Crippen molar-refractivity contribution in [2.45, 2.75) is 124 Å². The third-order valence-corrected chi connectivity index (χ3v) is 13.0. The zero-order valence-corrected chi connectivity index (χ0v) is 29.4. The van der Waals surface area contributed by atoms with Crippen molar-refractivity contribution in [2.24, 2.45) is 46.3 Å². The van der Waals surface area contributed by atoms with Crippen LogP contribution in [0.2, 0.25) is 0 Å². The van der Waals surface area contributed by atoms with Gasteiger partial charge in [-0.1, -0.05) is 71.6 Å². The molecule has 4 aliphatic rings. The predicted octanol–water partition coefficient (Wildman–Crippen LogP) is 9.78. The minimum Gasteiger partial charge on any atom is -0.462 e. The zero-order chi connectivity index (χ0) is 33.2. The lowest BCUT2D eigenvalue weighted by Gasteiger charge is -2.58. The molecule has 2 heterocycles. The van der Waals surface area contributed by atoms with Crippen LogP contribution in [0.15, 0.2) is 54.4 Å². The third kappa shape index (κ3) is 7.22. The fourth-order valence-corrected chi connectivity index (χ4v) is 10.5. The van der Waals surface area contributed by atoms with E-state index in [-0.39, 0.29) is 30.3 Å². The molecule has 6 heteroatoms. The molecule has 3 saturated carbocycles. The molecule has 0 aromatic carbocycles. The van der Waals surface area contributed by atoms with Crippen molar-refractivity contribution in [1.29, 1.82) is 0 Å². The van der Waals surface area contributed by atoms with Crippen LogP contribution >= 0.6 is 0 Å². The molecule has 47 heavy (non-hydrogen) atoms. The van der Waals surface area contributed by atoms with E-state index in [1.54, 1.807) is 18.3 Å². The molecule has 6 nitrogen and oxygen atoms in total. The van der Waals surface area contributed by atoms with Crippen molar-refractivity contribution in [1.82, 2.24) is 9.97 Å². The van der Waals surface area contributed by atoms with Crippen molar-refractivity contribution < 1.29 is 19.1 Å². The van der Waals surface area contributed by atoms with E-state index in [1.807, 2.05) is 18.2 Å². The van der Waals surface area contributed by atoms with E-state index in [9.17, 15) is 9.59 Å². The molecular formula is C41H56N2O4. The Kier molecular flexibility index (Phi) is 10.2. The summed E-state index contributed by atoms with van der Waals surface area (Å²) < 4.78 is 11.4. The van der Waals surface area contributed by atoms with E-state index in [2.05, 4.69) is 50.7 Å². The van der Waals surface area contributed by atoms with Crippen LogP contribution in [-0.4, -0.2) is 28.0 Å². The molecule has 2 aromatic rings. The zero-order valence-electron chi connectivity index (χ0n) is 29.4. The van der Waals surface area contributed by atoms with Gasteiger partial charge >= 0.3 is 11.9 Å². The van der Waals surface area contributed by atoms with Gasteiger partial charge in [0.05, 0.1) is 30.4 Å². The van der Waals surface area contributed by atoms with Crippen LogP contribution in [0.25, 0.3) is 11.4 Å². The molecule has 4 aliphatic carbocycles. The number of hydrogen-bond donors (Lipinski definition) is 0. The normalized spacial score (nSPS) is 32.0. The monoisotopic (exact) mass is 640 g/mol. The highest BCUT2D eigenvalue weighted by atomic mass is 16.5. The molecule has 0 unspecified atom stereocenters. The second-order valence-electron chi connectivity index (χ2n) is 16.2. The number of carbonyl (C=O) groups excluding carboxylic acids is 2. The van der Waals surface area contributed by atoms with Crippen molar-refractivity contribution in [3.05, 3.63) is 54.4 Å². The van der Waals surface area contributed by atoms with Crippen molar-refractivity contribution in [3.8, 4) is 17.1 Å². The Hall–Kier alpha value is -3.02. The quantitative estimate of drug-likeness (QED) is 0.180. The average Bonchev–Trinajstić information content (AvgIpc) is 3.42. The Bertz CT molecular complexity index is 1420. The Morgan fingerprint density at radius 3 is 2.45 bits per heavy atom. The lowest BCUT2D eigenvalue weighted by atomic mass is 9.47. The lowest BCUT2D eigenvalue weighted by molar-refractivity contribution is -0.153. The summed E-state index contributed by atoms with van der Waals surface area (Å²) in [5.41, 5.74) is 3.68. The van der Waals surface area contributed by atoms with E-state index >= 15 is 0 Å². The summed E-state index contributed by atoms with van der Waals surface area (Å²) in [6.07, 6.45) is 19.4. The molecule has 0 saturated heterocycles. The van der Waals surface area contributed by atoms with Gasteiger partial charge in [0.15, 0.2) is 0 Å². The van der Waals surface area contributed by atoms with Gasteiger partial charge in [-0.25, -0.2) is 0 Å². The number of allylic oxidation sites excluding steroid dienone is 1. The summed E-state index contributed by atoms with van der Waals surface area (Å²) in [7, 11) is 0. The summed E-state index contributed by atoms with van der Waals surface area (Å²) in [4.78, 5) is 33.9. The average molecular weight is 641 g/mol. The van der Waals surface area contributed by atoms with Gasteiger partial charge in [0, 0.05) is 12.6 Å². The fourth-order valence-electron chi connectivity index (χ4n) is 10.5. The number of nitrogens with zero attached hydrogens (tertiary/aromatic N) is 2. The van der Waals surface area contributed by atoms with Crippen molar-refractivity contribution >= 4 is 11.9 Å². The van der Waals surface area contributed by atoms with Gasteiger partial charge < -0.3 is 9.47 Å². The molecule has 2 aromatic heterocycles. The van der Waals surface area contributed by atoms with Crippen LogP contribution in [0.4, 0.5) is 0 Å². The Morgan fingerprint density at radius 1 is 0.894 bits per heavy atom. The third-order valence-electron chi connectivity index (χ3n) is 13.0. The van der Waals surface area contributed by atoms with Gasteiger partial charge in [-0.2, -0.15) is 0 Å². The Labute approximate surface area is 282 Å². The first-order chi connectivity index (χ1) is 22.6. The number of hydrogen-bond acceptors (Lipinski definition) is 6. The maximum Gasteiger partial charge on any atom is 0.311 e. The molecular weight excluding hydrogens is 584 g/mol. The molecule has 254 valence electrons. The minimum absolute atomic E-state index is 0.0186. The second kappa shape index (κ2) is 14.2. The van der Waals surface area contributed by atoms with Gasteiger partial charge in [0.2, 0.25) is 0 Å². The molecule has 3 fully saturated rings. The number of esters is 2. The number of aromatic nitrogens is 2. The number of ether oxygens (including phenoxy) is 2. The van der Waals surface area contributed by atoms with Crippen LogP contribution in [-0.2, 0) is 14.3 Å². The maximum atomic E-state index is 12.8. The first kappa shape index (κ1) is 33.9. The van der Waals surface area contributed by atoms with Crippen LogP contribution in [0.3, 0.4) is 0 Å². The molecule has 0 amide bonds. The number of carbonyl (C=O) groups is 2. The van der Waals surface area contributed by atoms with Gasteiger partial charge in [0.1, 0.15) is 11.9 Å². The molecule has 0 radical (unpaired) electrons. The Balaban J connectivity index is 0.985. The molecule has 8 atom stereocenters. The van der Waals surface area contributed by atoms with Crippen molar-refractivity contribution in [2.75, 3.05) is 0 Å². The minimum atomic E-state index is -0.463. The first-order valence-corrected chi connectivity index (χ1v) is 18.5. The van der Waals surface area contributed by atoms with E-state index < -0.39 is 5.97 Å². The molecule has 0 bridgehead atoms. The number of fused-ring (bicyclic) bond motifs is 5. The summed E-state index contributed by atoms with van der Waals surface area (Å²) in [5, 5.41) is 0. The maximum absolute atomic E-state index is 12.8. The van der Waals surface area contributed by atoms with Gasteiger partial charge in [-0.3, -0.25) is 19.6 Å². The van der Waals surface area contributed by atoms with Crippen LogP contribution < -0.4 is 4.74 Å². The largest absolute Gasteiger partial charge is 0.462 e. The fraction of sp³-hybridized carbons (Fsp3) is 0.659. The first-order valence-electron chi connectivity index (χ1n) is 18.5. The van der Waals surface area contributed by atoms with E-state index in [0.717, 1.165) is 60.5 Å². The summed E-state index contributed by atoms with van der Waals surface area (Å²) in [6.45, 7) is 12.4. The smallest absolute Gasteiger partial charge is 0.311 e. The Morgan fingerprint density at radius 2 is 1.70 bits per heavy atom. The highest BCUT2D eigenvalue weighted by Crippen LogP contribution is 2.67. The van der Waals surface area contributed by atoms with Crippen molar-refractivity contribution in [3.63, 3.8) is 0 Å². The highest BCUT2D eigenvalue weighted by molar-refractivity contribution is 5.79. The topological polar surface area (TPSA) is 78.4 Å². The van der Waals surface area contributed by atoms with Crippen LogP contribution in [0.5, 0.6) is 5.75 Å². The summed E-state index contributed by atoms with van der Waals surface area (Å²) in [5.74, 6) is 4.47. The van der Waals surface area contributed by atoms with Crippen LogP contribution in [0.1, 0.15) is 118 Å². The SMILES string of the molecule is CC(C)CCC[C@@H](C)[C@H]1CC[C@H]2[C@@H]3CC=C4C[C@@H](OC(=O)CCC(=O)Oc5ccc(-c6ccccn6)nc5)CC[C@]4(C)[C@H]3CC[C@]12C. The molecule has 0 N–H and O–H groups in total. The number of rotatable bonds is 11. The molecule has 0 spiro atoms. The van der Waals surface area contributed by atoms with Gasteiger partial charge in [0.25, 0.3) is 0 Å². The van der Waals surface area contributed by atoms with E-state index in [0.29, 0.717) is 16.9 Å². The number of pyridine rings is 2. The molecule has 0 aliphatic heterocycles. The van der Waals surface area contributed by atoms with E-state index in [4.69, 9.17) is 9.47 Å². The van der Waals surface area contributed by atoms with Gasteiger partial charge in [-0.05, 0) is 116 Å². The highest BCUT2D eigenvalue weighted by Gasteiger charge is 2.59. The standard InChI is InChI=1S/C41H56N2O4/c1-27(2)9-8-10-28(3)33-15-16-34-32-14-12-29-25-30(20-22-40(29,4)35(32)21-23-41(33,34)5)46-38(44)18-19-39(45)47-31-13-17-37(43-26-31)36-11-6-7-24-42-36/h6-7,11-13,17,24,26-28,30,32-35H,8-10,14-16,18-23,25H2,1-5H3/t28-,30+,32+,33-,34+,35+,40+,41-/m1/s1. The van der Waals surface area contributed by atoms with Crippen LogP contribution in [0, 0.1) is 46.3 Å². The lowest BCUT2D eigenvalue weighted by Crippen LogP contribution is -2.51. The second-order valence-corrected chi connectivity index (χ2v) is 16.2. The predicted molar refractivity (Wildman–Crippen MR) is 185 cm³/mol. The summed E-state index contributed by atoms with van der Waals surface area (Å²) >= 11 is 0.